The van der Waals surface area contributed by atoms with Gasteiger partial charge in [-0.3, -0.25) is 14.9 Å². The van der Waals surface area contributed by atoms with Crippen molar-refractivity contribution in [2.75, 3.05) is 0 Å². The first kappa shape index (κ1) is 18.2. The monoisotopic (exact) mass is 433 g/mol. The number of halogens is 1. The molecule has 1 heterocycles. The highest BCUT2D eigenvalue weighted by Gasteiger charge is 2.20. The molecule has 9 heteroatoms. The van der Waals surface area contributed by atoms with Crippen LogP contribution in [0.2, 0.25) is 0 Å². The van der Waals surface area contributed by atoms with Gasteiger partial charge in [-0.1, -0.05) is 28.1 Å². The summed E-state index contributed by atoms with van der Waals surface area (Å²) in [5.74, 6) is 0.0786. The molecule has 1 aliphatic rings. The number of hydrogen-bond acceptors (Lipinski definition) is 6. The van der Waals surface area contributed by atoms with Crippen LogP contribution in [0.15, 0.2) is 56.8 Å². The van der Waals surface area contributed by atoms with Gasteiger partial charge < -0.3 is 10.5 Å². The summed E-state index contributed by atoms with van der Waals surface area (Å²) < 4.78 is 6.58. The van der Waals surface area contributed by atoms with E-state index in [-0.39, 0.29) is 17.5 Å². The minimum absolute atomic E-state index is 0.00721. The summed E-state index contributed by atoms with van der Waals surface area (Å²) in [7, 11) is 0. The topological polar surface area (TPSA) is 108 Å². The molecule has 0 atom stereocenters. The van der Waals surface area contributed by atoms with Crippen molar-refractivity contribution in [1.82, 2.24) is 0 Å². The van der Waals surface area contributed by atoms with Crippen LogP contribution < -0.4 is 10.5 Å². The Labute approximate surface area is 161 Å². The molecule has 2 aromatic rings. The van der Waals surface area contributed by atoms with E-state index in [1.807, 2.05) is 0 Å². The Balaban J connectivity index is 1.87. The van der Waals surface area contributed by atoms with Crippen molar-refractivity contribution < 1.29 is 14.5 Å². The fourth-order valence-electron chi connectivity index (χ4n) is 2.30. The maximum absolute atomic E-state index is 11.8. The molecule has 0 saturated carbocycles. The minimum Gasteiger partial charge on any atom is -0.488 e. The molecule has 3 rings (SSSR count). The van der Waals surface area contributed by atoms with Crippen molar-refractivity contribution in [2.45, 2.75) is 6.61 Å². The van der Waals surface area contributed by atoms with Gasteiger partial charge in [0.15, 0.2) is 5.17 Å². The second-order valence-electron chi connectivity index (χ2n) is 5.22. The summed E-state index contributed by atoms with van der Waals surface area (Å²) in [6.45, 7) is 0.0225. The molecular weight excluding hydrogens is 422 g/mol. The van der Waals surface area contributed by atoms with Crippen molar-refractivity contribution in [3.8, 4) is 5.75 Å². The number of amidine groups is 1. The van der Waals surface area contributed by atoms with Crippen LogP contribution in [0.3, 0.4) is 0 Å². The van der Waals surface area contributed by atoms with E-state index >= 15 is 0 Å². The number of amides is 1. The second-order valence-corrected chi connectivity index (χ2v) is 7.20. The number of carbonyl (C=O) groups is 1. The highest BCUT2D eigenvalue weighted by molar-refractivity contribution is 9.10. The fraction of sp³-hybridized carbons (Fsp3) is 0.0588. The molecule has 7 nitrogen and oxygen atoms in total. The van der Waals surface area contributed by atoms with Gasteiger partial charge in [0.05, 0.1) is 15.4 Å². The van der Waals surface area contributed by atoms with Crippen molar-refractivity contribution in [1.29, 1.82) is 0 Å². The second kappa shape index (κ2) is 7.71. The Bertz CT molecular complexity index is 959. The summed E-state index contributed by atoms with van der Waals surface area (Å²) in [4.78, 5) is 26.5. The lowest BCUT2D eigenvalue weighted by Crippen LogP contribution is -2.01. The normalized spacial score (nSPS) is 15.2. The van der Waals surface area contributed by atoms with Crippen LogP contribution in [0.5, 0.6) is 5.75 Å². The third-order valence-corrected chi connectivity index (χ3v) is 4.77. The first-order chi connectivity index (χ1) is 12.4. The van der Waals surface area contributed by atoms with Crippen LogP contribution in [-0.2, 0) is 11.4 Å². The molecule has 0 saturated heterocycles. The van der Waals surface area contributed by atoms with Gasteiger partial charge in [-0.15, -0.1) is 0 Å². The molecule has 0 aliphatic carbocycles. The van der Waals surface area contributed by atoms with Gasteiger partial charge in [0, 0.05) is 16.1 Å². The Morgan fingerprint density at radius 1 is 1.31 bits per heavy atom. The quantitative estimate of drug-likeness (QED) is 0.435. The Hall–Kier alpha value is -2.65. The molecular formula is C17H12BrN3O4S. The predicted molar refractivity (Wildman–Crippen MR) is 104 cm³/mol. The summed E-state index contributed by atoms with van der Waals surface area (Å²) in [5, 5.41) is 11.3. The smallest absolute Gasteiger partial charge is 0.286 e. The zero-order valence-corrected chi connectivity index (χ0v) is 15.6. The largest absolute Gasteiger partial charge is 0.488 e. The summed E-state index contributed by atoms with van der Waals surface area (Å²) in [5.41, 5.74) is 6.65. The van der Waals surface area contributed by atoms with Crippen molar-refractivity contribution in [3.05, 3.63) is 73.1 Å². The van der Waals surface area contributed by atoms with Gasteiger partial charge in [-0.25, -0.2) is 0 Å². The molecule has 0 aromatic heterocycles. The molecule has 0 bridgehead atoms. The number of thioether (sulfide) groups is 1. The predicted octanol–water partition coefficient (Wildman–Crippen LogP) is 3.87. The van der Waals surface area contributed by atoms with Crippen LogP contribution in [0.4, 0.5) is 5.69 Å². The van der Waals surface area contributed by atoms with Crippen LogP contribution in [0.25, 0.3) is 6.08 Å². The lowest BCUT2D eigenvalue weighted by Gasteiger charge is -2.10. The van der Waals surface area contributed by atoms with E-state index in [4.69, 9.17) is 10.5 Å². The van der Waals surface area contributed by atoms with Crippen LogP contribution in [0.1, 0.15) is 11.1 Å². The standard InChI is InChI=1S/C17H12BrN3O4S/c18-12-5-6-14(11(7-12)8-15-16(22)20-17(19)26-15)25-9-10-3-1-2-4-13(10)21(23)24/h1-8H,9H2,(H2,19,20,22)/b15-8+. The van der Waals surface area contributed by atoms with Crippen LogP contribution >= 0.6 is 27.7 Å². The maximum Gasteiger partial charge on any atom is 0.286 e. The highest BCUT2D eigenvalue weighted by Crippen LogP contribution is 2.32. The Morgan fingerprint density at radius 2 is 2.08 bits per heavy atom. The number of carbonyl (C=O) groups excluding carboxylic acids is 1. The first-order valence-electron chi connectivity index (χ1n) is 7.37. The number of aliphatic imine (C=N–C) groups is 1. The van der Waals surface area contributed by atoms with Gasteiger partial charge >= 0.3 is 0 Å². The van der Waals surface area contributed by atoms with E-state index < -0.39 is 10.8 Å². The van der Waals surface area contributed by atoms with Gasteiger partial charge in [0.25, 0.3) is 11.6 Å². The van der Waals surface area contributed by atoms with E-state index in [1.165, 1.54) is 6.07 Å². The van der Waals surface area contributed by atoms with E-state index in [2.05, 4.69) is 20.9 Å². The summed E-state index contributed by atoms with van der Waals surface area (Å²) >= 11 is 4.46. The molecule has 2 N–H and O–H groups in total. The Kier molecular flexibility index (Phi) is 5.38. The zero-order valence-electron chi connectivity index (χ0n) is 13.2. The molecule has 1 aliphatic heterocycles. The van der Waals surface area contributed by atoms with E-state index in [0.717, 1.165) is 16.2 Å². The van der Waals surface area contributed by atoms with Gasteiger partial charge in [0.1, 0.15) is 12.4 Å². The number of nitrogens with two attached hydrogens (primary N) is 1. The minimum atomic E-state index is -0.447. The average molecular weight is 434 g/mol. The number of hydrogen-bond donors (Lipinski definition) is 1. The van der Waals surface area contributed by atoms with Crippen molar-refractivity contribution >= 4 is 50.5 Å². The van der Waals surface area contributed by atoms with Gasteiger partial charge in [0.2, 0.25) is 0 Å². The number of para-hydroxylation sites is 1. The molecule has 0 radical (unpaired) electrons. The number of nitro benzene ring substituents is 1. The zero-order chi connectivity index (χ0) is 18.7. The number of rotatable bonds is 5. The molecule has 1 amide bonds. The maximum atomic E-state index is 11.8. The van der Waals surface area contributed by atoms with Crippen molar-refractivity contribution in [2.24, 2.45) is 10.7 Å². The lowest BCUT2D eigenvalue weighted by atomic mass is 10.1. The van der Waals surface area contributed by atoms with Crippen molar-refractivity contribution in [3.63, 3.8) is 0 Å². The average Bonchev–Trinajstić information content (AvgIpc) is 2.91. The summed E-state index contributed by atoms with van der Waals surface area (Å²) in [6, 6.07) is 11.7. The number of nitro groups is 1. The third kappa shape index (κ3) is 4.12. The first-order valence-corrected chi connectivity index (χ1v) is 8.97. The fourth-order valence-corrected chi connectivity index (χ4v) is 3.35. The van der Waals surface area contributed by atoms with Gasteiger partial charge in [-0.2, -0.15) is 4.99 Å². The third-order valence-electron chi connectivity index (χ3n) is 3.47. The molecule has 0 fully saturated rings. The lowest BCUT2D eigenvalue weighted by molar-refractivity contribution is -0.385. The van der Waals surface area contributed by atoms with Crippen LogP contribution in [-0.4, -0.2) is 16.0 Å². The molecule has 0 spiro atoms. The summed E-state index contributed by atoms with van der Waals surface area (Å²) in [6.07, 6.45) is 1.63. The van der Waals surface area contributed by atoms with E-state index in [0.29, 0.717) is 21.8 Å². The number of nitrogens with zero attached hydrogens (tertiary/aromatic N) is 2. The van der Waals surface area contributed by atoms with E-state index in [1.54, 1.807) is 42.5 Å². The molecule has 0 unspecified atom stereocenters. The van der Waals surface area contributed by atoms with Crippen LogP contribution in [0, 0.1) is 10.1 Å². The van der Waals surface area contributed by atoms with E-state index in [9.17, 15) is 14.9 Å². The SMILES string of the molecule is NC1=NC(=O)/C(=C\c2cc(Br)ccc2OCc2ccccc2[N+](=O)[O-])S1. The number of benzene rings is 2. The molecule has 26 heavy (non-hydrogen) atoms. The Morgan fingerprint density at radius 3 is 2.77 bits per heavy atom. The number of ether oxygens (including phenoxy) is 1. The molecule has 132 valence electrons. The highest BCUT2D eigenvalue weighted by atomic mass is 79.9. The molecule has 2 aromatic carbocycles. The van der Waals surface area contributed by atoms with Gasteiger partial charge in [-0.05, 0) is 42.1 Å².